The average molecular weight is 285 g/mol. The second kappa shape index (κ2) is 5.01. The first-order chi connectivity index (χ1) is 8.70. The van der Waals surface area contributed by atoms with E-state index in [-0.39, 0.29) is 6.04 Å². The summed E-state index contributed by atoms with van der Waals surface area (Å²) in [7, 11) is 0. The first-order valence-electron chi connectivity index (χ1n) is 6.60. The first-order valence-corrected chi connectivity index (χ1v) is 7.36. The van der Waals surface area contributed by atoms with Crippen LogP contribution >= 0.6 is 23.2 Å². The highest BCUT2D eigenvalue weighted by Crippen LogP contribution is 2.53. The summed E-state index contributed by atoms with van der Waals surface area (Å²) < 4.78 is 0. The van der Waals surface area contributed by atoms with Gasteiger partial charge in [0, 0.05) is 0 Å². The lowest BCUT2D eigenvalue weighted by atomic mass is 9.81. The molecule has 0 spiro atoms. The van der Waals surface area contributed by atoms with E-state index in [1.165, 1.54) is 25.7 Å². The van der Waals surface area contributed by atoms with Gasteiger partial charge in [0.05, 0.1) is 16.1 Å². The Labute approximate surface area is 118 Å². The number of fused-ring (bicyclic) bond motifs is 2. The smallest absolute Gasteiger partial charge is 0.0640 e. The van der Waals surface area contributed by atoms with E-state index in [0.717, 1.165) is 17.4 Å². The SMILES string of the molecule is NNC(c1cccc(Cl)c1Cl)C1CC2CCC1C2. The molecule has 3 N–H and O–H groups in total. The zero-order valence-electron chi connectivity index (χ0n) is 10.2. The first kappa shape index (κ1) is 12.7. The number of nitrogens with two attached hydrogens (primary N) is 1. The van der Waals surface area contributed by atoms with E-state index in [2.05, 4.69) is 5.43 Å². The summed E-state index contributed by atoms with van der Waals surface area (Å²) >= 11 is 12.4. The van der Waals surface area contributed by atoms with E-state index in [0.29, 0.717) is 16.0 Å². The number of rotatable bonds is 3. The summed E-state index contributed by atoms with van der Waals surface area (Å²) in [5.74, 6) is 8.08. The van der Waals surface area contributed by atoms with E-state index in [4.69, 9.17) is 29.0 Å². The van der Waals surface area contributed by atoms with Crippen molar-refractivity contribution in [2.45, 2.75) is 31.7 Å². The minimum atomic E-state index is 0.131. The topological polar surface area (TPSA) is 38.0 Å². The molecule has 2 fully saturated rings. The van der Waals surface area contributed by atoms with Crippen molar-refractivity contribution in [1.82, 2.24) is 5.43 Å². The maximum atomic E-state index is 6.32. The van der Waals surface area contributed by atoms with Crippen LogP contribution in [0.15, 0.2) is 18.2 Å². The van der Waals surface area contributed by atoms with Crippen LogP contribution in [-0.4, -0.2) is 0 Å². The molecule has 98 valence electrons. The van der Waals surface area contributed by atoms with E-state index in [1.54, 1.807) is 0 Å². The van der Waals surface area contributed by atoms with Crippen molar-refractivity contribution in [3.8, 4) is 0 Å². The van der Waals surface area contributed by atoms with Gasteiger partial charge in [-0.05, 0) is 48.6 Å². The van der Waals surface area contributed by atoms with Crippen molar-refractivity contribution < 1.29 is 0 Å². The number of nitrogens with one attached hydrogen (secondary N) is 1. The Bertz CT molecular complexity index is 449. The highest BCUT2D eigenvalue weighted by Gasteiger charge is 2.43. The highest BCUT2D eigenvalue weighted by atomic mass is 35.5. The standard InChI is InChI=1S/C14H18Cl2N2/c15-12-3-1-2-10(13(12)16)14(18-17)11-7-8-4-5-9(11)6-8/h1-3,8-9,11,14,18H,4-7,17H2. The molecule has 2 bridgehead atoms. The van der Waals surface area contributed by atoms with Crippen LogP contribution < -0.4 is 11.3 Å². The minimum absolute atomic E-state index is 0.131. The van der Waals surface area contributed by atoms with Crippen molar-refractivity contribution in [2.75, 3.05) is 0 Å². The van der Waals surface area contributed by atoms with Gasteiger partial charge in [0.2, 0.25) is 0 Å². The molecular weight excluding hydrogens is 267 g/mol. The minimum Gasteiger partial charge on any atom is -0.271 e. The van der Waals surface area contributed by atoms with Crippen LogP contribution in [0.3, 0.4) is 0 Å². The molecule has 1 aromatic rings. The maximum absolute atomic E-state index is 6.32. The van der Waals surface area contributed by atoms with Crippen LogP contribution in [0.1, 0.15) is 37.3 Å². The van der Waals surface area contributed by atoms with Gasteiger partial charge in [-0.1, -0.05) is 41.8 Å². The predicted molar refractivity (Wildman–Crippen MR) is 75.5 cm³/mol. The summed E-state index contributed by atoms with van der Waals surface area (Å²) in [6.45, 7) is 0. The Hall–Kier alpha value is -0.280. The fraction of sp³-hybridized carbons (Fsp3) is 0.571. The molecule has 2 aliphatic carbocycles. The van der Waals surface area contributed by atoms with Gasteiger partial charge in [0.15, 0.2) is 0 Å². The molecule has 4 heteroatoms. The molecule has 4 unspecified atom stereocenters. The summed E-state index contributed by atoms with van der Waals surface area (Å²) in [6.07, 6.45) is 5.36. The summed E-state index contributed by atoms with van der Waals surface area (Å²) in [6, 6.07) is 5.93. The quantitative estimate of drug-likeness (QED) is 0.652. The van der Waals surface area contributed by atoms with Gasteiger partial charge in [-0.2, -0.15) is 0 Å². The van der Waals surface area contributed by atoms with Crippen molar-refractivity contribution >= 4 is 23.2 Å². The Balaban J connectivity index is 1.90. The Morgan fingerprint density at radius 3 is 2.67 bits per heavy atom. The van der Waals surface area contributed by atoms with Crippen molar-refractivity contribution in [1.29, 1.82) is 0 Å². The van der Waals surface area contributed by atoms with Crippen LogP contribution in [0.4, 0.5) is 0 Å². The number of benzene rings is 1. The zero-order valence-corrected chi connectivity index (χ0v) is 11.7. The van der Waals surface area contributed by atoms with Crippen LogP contribution in [0.5, 0.6) is 0 Å². The molecule has 0 heterocycles. The highest BCUT2D eigenvalue weighted by molar-refractivity contribution is 6.42. The monoisotopic (exact) mass is 284 g/mol. The Kier molecular flexibility index (Phi) is 3.55. The van der Waals surface area contributed by atoms with Gasteiger partial charge in [-0.3, -0.25) is 11.3 Å². The number of hydrogen-bond donors (Lipinski definition) is 2. The van der Waals surface area contributed by atoms with E-state index in [1.807, 2.05) is 18.2 Å². The second-order valence-electron chi connectivity index (χ2n) is 5.63. The Morgan fingerprint density at radius 2 is 2.06 bits per heavy atom. The van der Waals surface area contributed by atoms with Gasteiger partial charge in [0.1, 0.15) is 0 Å². The molecule has 0 saturated heterocycles. The van der Waals surface area contributed by atoms with Crippen molar-refractivity contribution in [3.63, 3.8) is 0 Å². The van der Waals surface area contributed by atoms with E-state index >= 15 is 0 Å². The molecule has 2 saturated carbocycles. The second-order valence-corrected chi connectivity index (χ2v) is 6.41. The van der Waals surface area contributed by atoms with Crippen LogP contribution in [-0.2, 0) is 0 Å². The van der Waals surface area contributed by atoms with Crippen LogP contribution in [0.25, 0.3) is 0 Å². The van der Waals surface area contributed by atoms with E-state index in [9.17, 15) is 0 Å². The molecule has 0 amide bonds. The molecule has 4 atom stereocenters. The van der Waals surface area contributed by atoms with Crippen LogP contribution in [0.2, 0.25) is 10.0 Å². The lowest BCUT2D eigenvalue weighted by molar-refractivity contribution is 0.252. The molecule has 2 nitrogen and oxygen atoms in total. The van der Waals surface area contributed by atoms with Crippen LogP contribution in [0, 0.1) is 17.8 Å². The number of hydrazine groups is 1. The molecule has 18 heavy (non-hydrogen) atoms. The summed E-state index contributed by atoms with van der Waals surface area (Å²) in [5.41, 5.74) is 4.02. The van der Waals surface area contributed by atoms with Crippen molar-refractivity contribution in [2.24, 2.45) is 23.6 Å². The zero-order chi connectivity index (χ0) is 12.7. The lowest BCUT2D eigenvalue weighted by Gasteiger charge is -2.31. The molecule has 0 aliphatic heterocycles. The molecule has 0 radical (unpaired) electrons. The fourth-order valence-corrected chi connectivity index (χ4v) is 4.33. The molecule has 1 aromatic carbocycles. The van der Waals surface area contributed by atoms with Gasteiger partial charge >= 0.3 is 0 Å². The van der Waals surface area contributed by atoms with Gasteiger partial charge < -0.3 is 0 Å². The number of hydrogen-bond acceptors (Lipinski definition) is 2. The summed E-state index contributed by atoms with van der Waals surface area (Å²) in [4.78, 5) is 0. The van der Waals surface area contributed by atoms with Gasteiger partial charge in [-0.15, -0.1) is 0 Å². The molecular formula is C14H18Cl2N2. The molecule has 3 rings (SSSR count). The fourth-order valence-electron chi connectivity index (χ4n) is 3.91. The Morgan fingerprint density at radius 1 is 1.22 bits per heavy atom. The summed E-state index contributed by atoms with van der Waals surface area (Å²) in [5, 5.41) is 1.25. The normalized spacial score (nSPS) is 31.8. The molecule has 2 aliphatic rings. The number of halogens is 2. The van der Waals surface area contributed by atoms with Crippen molar-refractivity contribution in [3.05, 3.63) is 33.8 Å². The lowest BCUT2D eigenvalue weighted by Crippen LogP contribution is -2.36. The predicted octanol–water partition coefficient (Wildman–Crippen LogP) is 3.93. The van der Waals surface area contributed by atoms with E-state index < -0.39 is 0 Å². The molecule has 0 aromatic heterocycles. The van der Waals surface area contributed by atoms with Gasteiger partial charge in [-0.25, -0.2) is 0 Å². The van der Waals surface area contributed by atoms with Gasteiger partial charge in [0.25, 0.3) is 0 Å². The maximum Gasteiger partial charge on any atom is 0.0640 e. The third-order valence-electron chi connectivity index (χ3n) is 4.72. The third-order valence-corrected chi connectivity index (χ3v) is 5.55. The average Bonchev–Trinajstić information content (AvgIpc) is 2.98. The third kappa shape index (κ3) is 2.05. The largest absolute Gasteiger partial charge is 0.271 e.